The zero-order valence-corrected chi connectivity index (χ0v) is 22.4. The minimum atomic E-state index is -0.855. The molecular formula is C31H33NO6. The SMILES string of the molecule is CCCOc1ccc(/C(O)=C2\C(=O)C(=O)N(c3cccc(OC)c3)C2c2ccc(OC(C)C)cc2)cc1C. The van der Waals surface area contributed by atoms with Crippen LogP contribution in [0.25, 0.3) is 5.76 Å². The van der Waals surface area contributed by atoms with E-state index in [1.807, 2.05) is 39.8 Å². The van der Waals surface area contributed by atoms with E-state index in [9.17, 15) is 14.7 Å². The zero-order valence-electron chi connectivity index (χ0n) is 22.4. The molecule has 1 saturated heterocycles. The summed E-state index contributed by atoms with van der Waals surface area (Å²) in [6, 6.07) is 18.5. The van der Waals surface area contributed by atoms with E-state index in [-0.39, 0.29) is 17.4 Å². The van der Waals surface area contributed by atoms with Crippen LogP contribution in [-0.4, -0.2) is 36.6 Å². The molecule has 3 aromatic rings. The molecule has 1 fully saturated rings. The Morgan fingerprint density at radius 3 is 2.37 bits per heavy atom. The number of ether oxygens (including phenoxy) is 3. The lowest BCUT2D eigenvalue weighted by Gasteiger charge is -2.26. The maximum atomic E-state index is 13.5. The summed E-state index contributed by atoms with van der Waals surface area (Å²) in [7, 11) is 1.54. The number of hydrogen-bond acceptors (Lipinski definition) is 6. The number of carbonyl (C=O) groups excluding carboxylic acids is 2. The quantitative estimate of drug-likeness (QED) is 0.207. The molecule has 4 rings (SSSR count). The molecule has 0 aromatic heterocycles. The molecule has 3 aromatic carbocycles. The minimum absolute atomic E-state index is 0.00390. The van der Waals surface area contributed by atoms with E-state index in [4.69, 9.17) is 14.2 Å². The standard InChI is InChI=1S/C31H33NO6/c1-6-16-37-26-15-12-22(17-20(26)4)29(33)27-28(21-10-13-24(14-11-21)38-19(2)3)32(31(35)30(27)34)23-8-7-9-25(18-23)36-5/h7-15,17-19,28,33H,6,16H2,1-5H3/b29-27+. The van der Waals surface area contributed by atoms with Crippen molar-refractivity contribution in [1.82, 2.24) is 0 Å². The van der Waals surface area contributed by atoms with Gasteiger partial charge in [-0.05, 0) is 80.8 Å². The smallest absolute Gasteiger partial charge is 0.300 e. The third-order valence-corrected chi connectivity index (χ3v) is 6.25. The van der Waals surface area contributed by atoms with Crippen LogP contribution in [-0.2, 0) is 9.59 Å². The summed E-state index contributed by atoms with van der Waals surface area (Å²) < 4.78 is 16.9. The van der Waals surface area contributed by atoms with Gasteiger partial charge in [0.05, 0.1) is 31.4 Å². The lowest BCUT2D eigenvalue weighted by atomic mass is 9.94. The lowest BCUT2D eigenvalue weighted by molar-refractivity contribution is -0.132. The molecule has 0 saturated carbocycles. The van der Waals surface area contributed by atoms with Gasteiger partial charge in [0, 0.05) is 17.3 Å². The Kier molecular flexibility index (Phi) is 8.05. The van der Waals surface area contributed by atoms with Gasteiger partial charge in [-0.15, -0.1) is 0 Å². The number of ketones is 1. The molecule has 1 amide bonds. The van der Waals surface area contributed by atoms with Crippen molar-refractivity contribution in [3.63, 3.8) is 0 Å². The average molecular weight is 516 g/mol. The summed E-state index contributed by atoms with van der Waals surface area (Å²) in [5.74, 6) is 0.181. The van der Waals surface area contributed by atoms with Crippen LogP contribution in [0.4, 0.5) is 5.69 Å². The summed E-state index contributed by atoms with van der Waals surface area (Å²) in [4.78, 5) is 28.3. The first-order valence-corrected chi connectivity index (χ1v) is 12.7. The third kappa shape index (κ3) is 5.37. The van der Waals surface area contributed by atoms with Gasteiger partial charge in [-0.2, -0.15) is 0 Å². The first-order valence-electron chi connectivity index (χ1n) is 12.7. The Morgan fingerprint density at radius 1 is 1.00 bits per heavy atom. The third-order valence-electron chi connectivity index (χ3n) is 6.25. The fraction of sp³-hybridized carbons (Fsp3) is 0.290. The van der Waals surface area contributed by atoms with Gasteiger partial charge in [0.1, 0.15) is 23.0 Å². The number of aryl methyl sites for hydroxylation is 1. The predicted octanol–water partition coefficient (Wildman–Crippen LogP) is 6.21. The van der Waals surface area contributed by atoms with Crippen molar-refractivity contribution in [3.8, 4) is 17.2 Å². The Morgan fingerprint density at radius 2 is 1.74 bits per heavy atom. The minimum Gasteiger partial charge on any atom is -0.507 e. The maximum Gasteiger partial charge on any atom is 0.300 e. The summed E-state index contributed by atoms with van der Waals surface area (Å²) >= 11 is 0. The topological polar surface area (TPSA) is 85.3 Å². The number of carbonyl (C=O) groups is 2. The van der Waals surface area contributed by atoms with E-state index in [0.29, 0.717) is 40.7 Å². The molecule has 0 aliphatic carbocycles. The van der Waals surface area contributed by atoms with Crippen LogP contribution in [0.1, 0.15) is 49.9 Å². The first kappa shape index (κ1) is 26.8. The second-order valence-electron chi connectivity index (χ2n) is 9.43. The Balaban J connectivity index is 1.86. The highest BCUT2D eigenvalue weighted by molar-refractivity contribution is 6.51. The van der Waals surface area contributed by atoms with Crippen LogP contribution in [0.2, 0.25) is 0 Å². The van der Waals surface area contributed by atoms with E-state index in [1.165, 1.54) is 12.0 Å². The number of anilines is 1. The molecule has 1 aliphatic heterocycles. The van der Waals surface area contributed by atoms with Crippen LogP contribution >= 0.6 is 0 Å². The fourth-order valence-corrected chi connectivity index (χ4v) is 4.50. The summed E-state index contributed by atoms with van der Waals surface area (Å²) in [5.41, 5.74) is 2.40. The van der Waals surface area contributed by atoms with Gasteiger partial charge < -0.3 is 19.3 Å². The molecule has 38 heavy (non-hydrogen) atoms. The monoisotopic (exact) mass is 515 g/mol. The molecule has 0 bridgehead atoms. The number of aliphatic hydroxyl groups excluding tert-OH is 1. The van der Waals surface area contributed by atoms with E-state index < -0.39 is 17.7 Å². The highest BCUT2D eigenvalue weighted by Crippen LogP contribution is 2.43. The first-order chi connectivity index (χ1) is 18.2. The highest BCUT2D eigenvalue weighted by Gasteiger charge is 2.47. The van der Waals surface area contributed by atoms with E-state index >= 15 is 0 Å². The number of nitrogens with zero attached hydrogens (tertiary/aromatic N) is 1. The van der Waals surface area contributed by atoms with E-state index in [2.05, 4.69) is 0 Å². The van der Waals surface area contributed by atoms with Crippen LogP contribution < -0.4 is 19.1 Å². The number of rotatable bonds is 9. The Hall–Kier alpha value is -4.26. The Labute approximate surface area is 223 Å². The molecule has 1 N–H and O–H groups in total. The molecule has 1 aliphatic rings. The van der Waals surface area contributed by atoms with Crippen molar-refractivity contribution < 1.29 is 28.9 Å². The summed E-state index contributed by atoms with van der Waals surface area (Å²) in [6.07, 6.45) is 0.867. The maximum absolute atomic E-state index is 13.5. The van der Waals surface area contributed by atoms with Crippen molar-refractivity contribution in [2.75, 3.05) is 18.6 Å². The largest absolute Gasteiger partial charge is 0.507 e. The van der Waals surface area contributed by atoms with Crippen LogP contribution in [0.5, 0.6) is 17.2 Å². The molecule has 7 nitrogen and oxygen atoms in total. The molecule has 1 heterocycles. The molecule has 1 atom stereocenters. The van der Waals surface area contributed by atoms with E-state index in [1.54, 1.807) is 54.6 Å². The predicted molar refractivity (Wildman–Crippen MR) is 147 cm³/mol. The van der Waals surface area contributed by atoms with Crippen molar-refractivity contribution in [3.05, 3.63) is 89.0 Å². The van der Waals surface area contributed by atoms with Crippen molar-refractivity contribution >= 4 is 23.1 Å². The van der Waals surface area contributed by atoms with Crippen LogP contribution in [0.15, 0.2) is 72.3 Å². The van der Waals surface area contributed by atoms with Crippen molar-refractivity contribution in [2.24, 2.45) is 0 Å². The molecule has 7 heteroatoms. The van der Waals surface area contributed by atoms with Gasteiger partial charge >= 0.3 is 0 Å². The normalized spacial score (nSPS) is 16.7. The molecule has 0 radical (unpaired) electrons. The highest BCUT2D eigenvalue weighted by atomic mass is 16.5. The lowest BCUT2D eigenvalue weighted by Crippen LogP contribution is -2.29. The molecule has 198 valence electrons. The Bertz CT molecular complexity index is 1360. The van der Waals surface area contributed by atoms with Gasteiger partial charge in [-0.1, -0.05) is 25.1 Å². The average Bonchev–Trinajstić information content (AvgIpc) is 3.17. The second-order valence-corrected chi connectivity index (χ2v) is 9.43. The van der Waals surface area contributed by atoms with E-state index in [0.717, 1.165) is 12.0 Å². The number of methoxy groups -OCH3 is 1. The number of Topliss-reactive ketones (excluding diaryl/α,β-unsaturated/α-hetero) is 1. The summed E-state index contributed by atoms with van der Waals surface area (Å²) in [5, 5.41) is 11.5. The second kappa shape index (κ2) is 11.4. The number of amides is 1. The number of aliphatic hydroxyl groups is 1. The number of hydrogen-bond donors (Lipinski definition) is 1. The molecule has 0 spiro atoms. The van der Waals surface area contributed by atoms with Gasteiger partial charge in [0.15, 0.2) is 0 Å². The zero-order chi connectivity index (χ0) is 27.4. The van der Waals surface area contributed by atoms with Gasteiger partial charge in [0.2, 0.25) is 0 Å². The molecule has 1 unspecified atom stereocenters. The fourth-order valence-electron chi connectivity index (χ4n) is 4.50. The van der Waals surface area contributed by atoms with Crippen molar-refractivity contribution in [2.45, 2.75) is 46.3 Å². The number of benzene rings is 3. The van der Waals surface area contributed by atoms with Crippen molar-refractivity contribution in [1.29, 1.82) is 0 Å². The van der Waals surface area contributed by atoms with Gasteiger partial charge in [-0.3, -0.25) is 14.5 Å². The molecular weight excluding hydrogens is 482 g/mol. The summed E-state index contributed by atoms with van der Waals surface area (Å²) in [6.45, 7) is 8.35. The van der Waals surface area contributed by atoms with Crippen LogP contribution in [0.3, 0.4) is 0 Å². The van der Waals surface area contributed by atoms with Gasteiger partial charge in [-0.25, -0.2) is 0 Å². The van der Waals surface area contributed by atoms with Crippen LogP contribution in [0, 0.1) is 6.92 Å². The van der Waals surface area contributed by atoms with Gasteiger partial charge in [0.25, 0.3) is 11.7 Å².